The maximum Gasteiger partial charge on any atom is 0.241 e. The Balaban J connectivity index is 1.64. The normalized spacial score (nSPS) is 28.9. The molecule has 0 aliphatic carbocycles. The molecule has 0 radical (unpaired) electrons. The Bertz CT molecular complexity index is 534. The van der Waals surface area contributed by atoms with Crippen molar-refractivity contribution in [3.63, 3.8) is 0 Å². The number of anilines is 1. The molecule has 0 bridgehead atoms. The molecule has 2 aliphatic heterocycles. The summed E-state index contributed by atoms with van der Waals surface area (Å²) >= 11 is 5.87. The molecule has 1 aromatic rings. The number of hydrogen-bond acceptors (Lipinski definition) is 3. The van der Waals surface area contributed by atoms with Crippen LogP contribution in [0.5, 0.6) is 0 Å². The number of carbonyl (C=O) groups excluding carboxylic acids is 2. The maximum atomic E-state index is 12.1. The van der Waals surface area contributed by atoms with Gasteiger partial charge in [0, 0.05) is 23.3 Å². The van der Waals surface area contributed by atoms with E-state index in [9.17, 15) is 9.59 Å². The van der Waals surface area contributed by atoms with Crippen molar-refractivity contribution in [3.05, 3.63) is 29.3 Å². The summed E-state index contributed by atoms with van der Waals surface area (Å²) in [5.74, 6) is -0.171. The number of nitrogens with one attached hydrogen (secondary N) is 3. The molecule has 2 heterocycles. The number of halogens is 1. The number of amides is 2. The first-order chi connectivity index (χ1) is 9.13. The van der Waals surface area contributed by atoms with Crippen molar-refractivity contribution in [1.82, 2.24) is 10.6 Å². The highest BCUT2D eigenvalue weighted by molar-refractivity contribution is 6.30. The number of rotatable bonds is 2. The minimum absolute atomic E-state index is 0.0376. The number of hydrogen-bond donors (Lipinski definition) is 3. The summed E-state index contributed by atoms with van der Waals surface area (Å²) in [6.45, 7) is 0.602. The van der Waals surface area contributed by atoms with E-state index < -0.39 is 0 Å². The van der Waals surface area contributed by atoms with Crippen LogP contribution in [0.3, 0.4) is 0 Å². The molecule has 0 aromatic heterocycles. The van der Waals surface area contributed by atoms with Gasteiger partial charge in [-0.1, -0.05) is 17.7 Å². The van der Waals surface area contributed by atoms with E-state index >= 15 is 0 Å². The van der Waals surface area contributed by atoms with E-state index in [4.69, 9.17) is 11.6 Å². The van der Waals surface area contributed by atoms with E-state index in [1.54, 1.807) is 24.3 Å². The van der Waals surface area contributed by atoms with E-state index in [1.165, 1.54) is 0 Å². The van der Waals surface area contributed by atoms with Crippen molar-refractivity contribution < 1.29 is 9.59 Å². The highest BCUT2D eigenvalue weighted by Crippen LogP contribution is 2.25. The minimum Gasteiger partial charge on any atom is -0.354 e. The Morgan fingerprint density at radius 3 is 3.00 bits per heavy atom. The Morgan fingerprint density at radius 2 is 2.26 bits per heavy atom. The van der Waals surface area contributed by atoms with Gasteiger partial charge in [0.05, 0.1) is 12.0 Å². The van der Waals surface area contributed by atoms with Gasteiger partial charge in [-0.05, 0) is 24.6 Å². The third-order valence-electron chi connectivity index (χ3n) is 3.63. The molecule has 3 N–H and O–H groups in total. The second-order valence-corrected chi connectivity index (χ2v) is 5.35. The molecule has 2 aliphatic rings. The zero-order valence-corrected chi connectivity index (χ0v) is 10.9. The summed E-state index contributed by atoms with van der Waals surface area (Å²) in [5, 5.41) is 9.37. The van der Waals surface area contributed by atoms with Crippen LogP contribution in [-0.2, 0) is 9.59 Å². The maximum absolute atomic E-state index is 12.1. The fourth-order valence-corrected chi connectivity index (χ4v) is 2.86. The molecule has 2 saturated heterocycles. The van der Waals surface area contributed by atoms with Crippen LogP contribution in [0.25, 0.3) is 0 Å². The van der Waals surface area contributed by atoms with Crippen LogP contribution >= 0.6 is 11.6 Å². The van der Waals surface area contributed by atoms with Crippen LogP contribution in [0.2, 0.25) is 5.02 Å². The zero-order valence-electron chi connectivity index (χ0n) is 10.2. The Kier molecular flexibility index (Phi) is 3.16. The van der Waals surface area contributed by atoms with Crippen molar-refractivity contribution in [2.24, 2.45) is 5.92 Å². The summed E-state index contributed by atoms with van der Waals surface area (Å²) in [4.78, 5) is 23.6. The van der Waals surface area contributed by atoms with Gasteiger partial charge < -0.3 is 16.0 Å². The summed E-state index contributed by atoms with van der Waals surface area (Å²) in [5.41, 5.74) is 0.667. The van der Waals surface area contributed by atoms with Gasteiger partial charge in [-0.2, -0.15) is 0 Å². The van der Waals surface area contributed by atoms with E-state index in [0.717, 1.165) is 0 Å². The topological polar surface area (TPSA) is 70.2 Å². The summed E-state index contributed by atoms with van der Waals surface area (Å²) < 4.78 is 0. The summed E-state index contributed by atoms with van der Waals surface area (Å²) in [6.07, 6.45) is 0.545. The van der Waals surface area contributed by atoms with Gasteiger partial charge in [0.1, 0.15) is 0 Å². The van der Waals surface area contributed by atoms with Crippen LogP contribution in [0.1, 0.15) is 6.42 Å². The van der Waals surface area contributed by atoms with Crippen LogP contribution < -0.4 is 16.0 Å². The highest BCUT2D eigenvalue weighted by Gasteiger charge is 2.44. The van der Waals surface area contributed by atoms with Crippen molar-refractivity contribution in [1.29, 1.82) is 0 Å². The molecule has 1 aromatic carbocycles. The average molecular weight is 280 g/mol. The van der Waals surface area contributed by atoms with Crippen LogP contribution in [0.15, 0.2) is 24.3 Å². The smallest absolute Gasteiger partial charge is 0.241 e. The second kappa shape index (κ2) is 4.83. The first kappa shape index (κ1) is 12.4. The molecular formula is C13H14ClN3O2. The fraction of sp³-hybridized carbons (Fsp3) is 0.385. The second-order valence-electron chi connectivity index (χ2n) is 4.91. The molecule has 3 atom stereocenters. The zero-order chi connectivity index (χ0) is 13.4. The van der Waals surface area contributed by atoms with Crippen molar-refractivity contribution in [2.75, 3.05) is 11.9 Å². The molecule has 19 heavy (non-hydrogen) atoms. The molecule has 100 valence electrons. The third kappa shape index (κ3) is 2.43. The minimum atomic E-state index is -0.319. The van der Waals surface area contributed by atoms with E-state index in [0.29, 0.717) is 23.7 Å². The molecule has 2 amide bonds. The molecule has 0 spiro atoms. The molecule has 6 heteroatoms. The van der Waals surface area contributed by atoms with Crippen LogP contribution in [0, 0.1) is 5.92 Å². The SMILES string of the molecule is O=C(Nc1cccc(Cl)c1)C1CC2C(=O)NCC2N1. The van der Waals surface area contributed by atoms with Crippen LogP contribution in [0.4, 0.5) is 5.69 Å². The standard InChI is InChI=1S/C13H14ClN3O2/c14-7-2-1-3-8(4-7)16-13(19)10-5-9-11(17-10)6-15-12(9)18/h1-4,9-11,17H,5-6H2,(H,15,18)(H,16,19). The highest BCUT2D eigenvalue weighted by atomic mass is 35.5. The molecule has 2 fully saturated rings. The van der Waals surface area contributed by atoms with Crippen LogP contribution in [-0.4, -0.2) is 30.4 Å². The first-order valence-electron chi connectivity index (χ1n) is 6.23. The fourth-order valence-electron chi connectivity index (χ4n) is 2.67. The lowest BCUT2D eigenvalue weighted by atomic mass is 10.0. The Hall–Kier alpha value is -1.59. The van der Waals surface area contributed by atoms with Gasteiger partial charge in [-0.3, -0.25) is 9.59 Å². The first-order valence-corrected chi connectivity index (χ1v) is 6.61. The van der Waals surface area contributed by atoms with Gasteiger partial charge in [-0.25, -0.2) is 0 Å². The van der Waals surface area contributed by atoms with Gasteiger partial charge in [-0.15, -0.1) is 0 Å². The lowest BCUT2D eigenvalue weighted by Gasteiger charge is -2.13. The van der Waals surface area contributed by atoms with Crippen molar-refractivity contribution in [2.45, 2.75) is 18.5 Å². The lowest BCUT2D eigenvalue weighted by molar-refractivity contribution is -0.122. The lowest BCUT2D eigenvalue weighted by Crippen LogP contribution is -2.41. The summed E-state index contributed by atoms with van der Waals surface area (Å²) in [6, 6.07) is 6.76. The van der Waals surface area contributed by atoms with Crippen molar-refractivity contribution >= 4 is 29.1 Å². The third-order valence-corrected chi connectivity index (χ3v) is 3.87. The quantitative estimate of drug-likeness (QED) is 0.748. The molecule has 5 nitrogen and oxygen atoms in total. The number of fused-ring (bicyclic) bond motifs is 1. The van der Waals surface area contributed by atoms with E-state index in [-0.39, 0.29) is 29.8 Å². The Labute approximate surface area is 115 Å². The molecular weight excluding hydrogens is 266 g/mol. The molecule has 3 rings (SSSR count). The van der Waals surface area contributed by atoms with Gasteiger partial charge in [0.2, 0.25) is 11.8 Å². The number of benzene rings is 1. The Morgan fingerprint density at radius 1 is 1.42 bits per heavy atom. The molecule has 3 unspecified atom stereocenters. The number of carbonyl (C=O) groups is 2. The van der Waals surface area contributed by atoms with Gasteiger partial charge in [0.15, 0.2) is 0 Å². The van der Waals surface area contributed by atoms with E-state index in [2.05, 4.69) is 16.0 Å². The van der Waals surface area contributed by atoms with E-state index in [1.807, 2.05) is 0 Å². The average Bonchev–Trinajstić information content (AvgIpc) is 2.92. The predicted octanol–water partition coefficient (Wildman–Crippen LogP) is 0.755. The predicted molar refractivity (Wildman–Crippen MR) is 71.9 cm³/mol. The summed E-state index contributed by atoms with van der Waals surface area (Å²) in [7, 11) is 0. The van der Waals surface area contributed by atoms with Crippen molar-refractivity contribution in [3.8, 4) is 0 Å². The molecule has 0 saturated carbocycles. The van der Waals surface area contributed by atoms with Gasteiger partial charge >= 0.3 is 0 Å². The van der Waals surface area contributed by atoms with Gasteiger partial charge in [0.25, 0.3) is 0 Å². The largest absolute Gasteiger partial charge is 0.354 e. The monoisotopic (exact) mass is 279 g/mol.